The Balaban J connectivity index is 1.68. The summed E-state index contributed by atoms with van der Waals surface area (Å²) >= 11 is 5.29. The zero-order chi connectivity index (χ0) is 15.5. The van der Waals surface area contributed by atoms with Crippen LogP contribution in [0.4, 0.5) is 5.69 Å². The van der Waals surface area contributed by atoms with Crippen LogP contribution in [0.3, 0.4) is 0 Å². The normalized spacial score (nSPS) is 18.6. The Morgan fingerprint density at radius 3 is 2.95 bits per heavy atom. The van der Waals surface area contributed by atoms with Crippen molar-refractivity contribution < 1.29 is 14.3 Å². The first-order valence-electron chi connectivity index (χ1n) is 7.23. The molecule has 1 saturated heterocycles. The molecule has 1 N–H and O–H groups in total. The van der Waals surface area contributed by atoms with Gasteiger partial charge in [-0.1, -0.05) is 15.9 Å². The molecule has 0 unspecified atom stereocenters. The summed E-state index contributed by atoms with van der Waals surface area (Å²) in [6.07, 6.45) is 1.99. The van der Waals surface area contributed by atoms with Crippen molar-refractivity contribution in [3.8, 4) is 5.75 Å². The molecule has 2 aliphatic rings. The summed E-state index contributed by atoms with van der Waals surface area (Å²) in [6.45, 7) is 0.0112. The van der Waals surface area contributed by atoms with Crippen LogP contribution in [0.2, 0.25) is 0 Å². The number of amides is 2. The molecule has 5 nitrogen and oxygen atoms in total. The number of hydrogen-bond acceptors (Lipinski definition) is 4. The number of nitrogens with one attached hydrogen (secondary N) is 1. The second-order valence-corrected chi connectivity index (χ2v) is 7.48. The van der Waals surface area contributed by atoms with Crippen LogP contribution in [0.25, 0.3) is 0 Å². The highest BCUT2D eigenvalue weighted by Crippen LogP contribution is 2.34. The Labute approximate surface area is 141 Å². The lowest BCUT2D eigenvalue weighted by Gasteiger charge is -2.30. The minimum absolute atomic E-state index is 0.0310. The SMILES string of the molecule is O=C(CN1C(=O)COc2cc(Br)ccc21)NC1CCSCC1. The fourth-order valence-electron chi connectivity index (χ4n) is 2.61. The number of ether oxygens (including phenoxy) is 1. The van der Waals surface area contributed by atoms with Crippen LogP contribution in [0.15, 0.2) is 22.7 Å². The van der Waals surface area contributed by atoms with E-state index in [9.17, 15) is 9.59 Å². The molecule has 3 rings (SSSR count). The van der Waals surface area contributed by atoms with Gasteiger partial charge in [0.05, 0.1) is 5.69 Å². The predicted molar refractivity (Wildman–Crippen MR) is 90.5 cm³/mol. The van der Waals surface area contributed by atoms with Crippen molar-refractivity contribution in [3.05, 3.63) is 22.7 Å². The third-order valence-corrected chi connectivity index (χ3v) is 5.29. The van der Waals surface area contributed by atoms with Gasteiger partial charge >= 0.3 is 0 Å². The Morgan fingerprint density at radius 1 is 1.41 bits per heavy atom. The van der Waals surface area contributed by atoms with Crippen LogP contribution in [0.5, 0.6) is 5.75 Å². The van der Waals surface area contributed by atoms with E-state index >= 15 is 0 Å². The van der Waals surface area contributed by atoms with Crippen LogP contribution in [-0.4, -0.2) is 42.5 Å². The molecule has 0 aliphatic carbocycles. The van der Waals surface area contributed by atoms with Crippen molar-refractivity contribution in [2.24, 2.45) is 0 Å². The lowest BCUT2D eigenvalue weighted by molar-refractivity contribution is -0.125. The number of anilines is 1. The summed E-state index contributed by atoms with van der Waals surface area (Å²) in [7, 11) is 0. The number of carbonyl (C=O) groups is 2. The van der Waals surface area contributed by atoms with E-state index in [0.29, 0.717) is 11.4 Å². The maximum absolute atomic E-state index is 12.2. The number of nitrogens with zero attached hydrogens (tertiary/aromatic N) is 1. The molecule has 2 amide bonds. The molecule has 22 heavy (non-hydrogen) atoms. The number of thioether (sulfide) groups is 1. The zero-order valence-electron chi connectivity index (χ0n) is 12.0. The van der Waals surface area contributed by atoms with Gasteiger partial charge in [-0.3, -0.25) is 14.5 Å². The molecule has 1 aromatic rings. The number of benzene rings is 1. The lowest BCUT2D eigenvalue weighted by atomic mass is 10.1. The van der Waals surface area contributed by atoms with Gasteiger partial charge in [-0.2, -0.15) is 11.8 Å². The van der Waals surface area contributed by atoms with Crippen molar-refractivity contribution in [2.45, 2.75) is 18.9 Å². The topological polar surface area (TPSA) is 58.6 Å². The molecule has 0 spiro atoms. The number of fused-ring (bicyclic) bond motifs is 1. The van der Waals surface area contributed by atoms with Crippen LogP contribution in [0, 0.1) is 0 Å². The maximum atomic E-state index is 12.2. The molecule has 118 valence electrons. The Kier molecular flexibility index (Phi) is 4.93. The van der Waals surface area contributed by atoms with E-state index in [1.165, 1.54) is 4.90 Å². The molecule has 0 saturated carbocycles. The predicted octanol–water partition coefficient (Wildman–Crippen LogP) is 2.19. The lowest BCUT2D eigenvalue weighted by Crippen LogP contribution is -2.47. The first-order valence-corrected chi connectivity index (χ1v) is 9.18. The first-order chi connectivity index (χ1) is 10.6. The molecule has 1 fully saturated rings. The monoisotopic (exact) mass is 384 g/mol. The number of carbonyl (C=O) groups excluding carboxylic acids is 2. The minimum Gasteiger partial charge on any atom is -0.482 e. The second-order valence-electron chi connectivity index (χ2n) is 5.33. The van der Waals surface area contributed by atoms with Gasteiger partial charge in [0.1, 0.15) is 12.3 Å². The van der Waals surface area contributed by atoms with Crippen molar-refractivity contribution >= 4 is 45.2 Å². The fourth-order valence-corrected chi connectivity index (χ4v) is 4.06. The van der Waals surface area contributed by atoms with Gasteiger partial charge in [0, 0.05) is 10.5 Å². The van der Waals surface area contributed by atoms with E-state index in [-0.39, 0.29) is 31.0 Å². The standard InChI is InChI=1S/C15H17BrN2O3S/c16-10-1-2-12-13(7-10)21-9-15(20)18(12)8-14(19)17-11-3-5-22-6-4-11/h1-2,7,11H,3-6,8-9H2,(H,17,19). The molecule has 2 heterocycles. The van der Waals surface area contributed by atoms with E-state index in [0.717, 1.165) is 28.8 Å². The fraction of sp³-hybridized carbons (Fsp3) is 0.467. The summed E-state index contributed by atoms with van der Waals surface area (Å²) in [5, 5.41) is 3.03. The second kappa shape index (κ2) is 6.91. The highest BCUT2D eigenvalue weighted by Gasteiger charge is 2.28. The van der Waals surface area contributed by atoms with Crippen molar-refractivity contribution in [1.29, 1.82) is 0 Å². The largest absolute Gasteiger partial charge is 0.482 e. The zero-order valence-corrected chi connectivity index (χ0v) is 14.4. The summed E-state index contributed by atoms with van der Waals surface area (Å²) in [4.78, 5) is 25.8. The summed E-state index contributed by atoms with van der Waals surface area (Å²) in [6, 6.07) is 5.67. The molecular weight excluding hydrogens is 368 g/mol. The average Bonchev–Trinajstić information content (AvgIpc) is 2.51. The third kappa shape index (κ3) is 3.57. The Hall–Kier alpha value is -1.21. The number of halogens is 1. The molecule has 7 heteroatoms. The van der Waals surface area contributed by atoms with Gasteiger partial charge in [0.15, 0.2) is 6.61 Å². The summed E-state index contributed by atoms with van der Waals surface area (Å²) < 4.78 is 6.30. The number of rotatable bonds is 3. The van der Waals surface area contributed by atoms with Gasteiger partial charge in [0.25, 0.3) is 5.91 Å². The van der Waals surface area contributed by atoms with Gasteiger partial charge in [-0.05, 0) is 42.5 Å². The molecule has 1 aromatic carbocycles. The van der Waals surface area contributed by atoms with Crippen LogP contribution in [0.1, 0.15) is 12.8 Å². The molecule has 0 radical (unpaired) electrons. The Morgan fingerprint density at radius 2 is 2.18 bits per heavy atom. The summed E-state index contributed by atoms with van der Waals surface area (Å²) in [5.41, 5.74) is 0.647. The van der Waals surface area contributed by atoms with Gasteiger partial charge < -0.3 is 10.1 Å². The Bertz CT molecular complexity index is 590. The van der Waals surface area contributed by atoms with E-state index in [4.69, 9.17) is 4.74 Å². The van der Waals surface area contributed by atoms with Gasteiger partial charge in [0.2, 0.25) is 5.91 Å². The molecular formula is C15H17BrN2O3S. The summed E-state index contributed by atoms with van der Waals surface area (Å²) in [5.74, 6) is 2.48. The van der Waals surface area contributed by atoms with Crippen LogP contribution in [-0.2, 0) is 9.59 Å². The van der Waals surface area contributed by atoms with E-state index < -0.39 is 0 Å². The number of hydrogen-bond donors (Lipinski definition) is 1. The first kappa shape index (κ1) is 15.7. The van der Waals surface area contributed by atoms with Crippen molar-refractivity contribution in [1.82, 2.24) is 5.32 Å². The minimum atomic E-state index is -0.191. The molecule has 0 atom stereocenters. The van der Waals surface area contributed by atoms with Crippen LogP contribution < -0.4 is 15.0 Å². The quantitative estimate of drug-likeness (QED) is 0.867. The van der Waals surface area contributed by atoms with Crippen molar-refractivity contribution in [2.75, 3.05) is 29.6 Å². The van der Waals surface area contributed by atoms with Gasteiger partial charge in [-0.25, -0.2) is 0 Å². The highest BCUT2D eigenvalue weighted by molar-refractivity contribution is 9.10. The van der Waals surface area contributed by atoms with Crippen LogP contribution >= 0.6 is 27.7 Å². The smallest absolute Gasteiger partial charge is 0.265 e. The average molecular weight is 385 g/mol. The van der Waals surface area contributed by atoms with E-state index in [1.54, 1.807) is 6.07 Å². The van der Waals surface area contributed by atoms with E-state index in [1.807, 2.05) is 23.9 Å². The highest BCUT2D eigenvalue weighted by atomic mass is 79.9. The van der Waals surface area contributed by atoms with Crippen molar-refractivity contribution in [3.63, 3.8) is 0 Å². The molecule has 2 aliphatic heterocycles. The maximum Gasteiger partial charge on any atom is 0.265 e. The van der Waals surface area contributed by atoms with Gasteiger partial charge in [-0.15, -0.1) is 0 Å². The van der Waals surface area contributed by atoms with E-state index in [2.05, 4.69) is 21.2 Å². The molecule has 0 aromatic heterocycles. The molecule has 0 bridgehead atoms. The third-order valence-electron chi connectivity index (χ3n) is 3.75.